The molecule has 1 N–H and O–H groups in total. The van der Waals surface area contributed by atoms with Crippen molar-refractivity contribution in [3.05, 3.63) is 0 Å². The number of unbranched alkanes of at least 4 members (excludes halogenated alkanes) is 11. The number of hydrogen-bond acceptors (Lipinski definition) is 1. The standard InChI is InChI=1S/C17H35ClO/c1-17(2,19)15-13-11-9-7-5-3-4-6-8-10-12-14-16-18/h19H,3-16H2,1-2H3. The number of alkyl halides is 1. The zero-order chi connectivity index (χ0) is 14.4. The highest BCUT2D eigenvalue weighted by atomic mass is 35.5. The lowest BCUT2D eigenvalue weighted by molar-refractivity contribution is 0.0680. The van der Waals surface area contributed by atoms with Gasteiger partial charge in [-0.1, -0.05) is 70.6 Å². The average molecular weight is 291 g/mol. The Labute approximate surface area is 126 Å². The molecule has 0 amide bonds. The zero-order valence-electron chi connectivity index (χ0n) is 13.2. The first kappa shape index (κ1) is 19.2. The third-order valence-corrected chi connectivity index (χ3v) is 3.94. The fraction of sp³-hybridized carbons (Fsp3) is 1.00. The summed E-state index contributed by atoms with van der Waals surface area (Å²) in [6.45, 7) is 3.81. The van der Waals surface area contributed by atoms with Crippen molar-refractivity contribution in [2.45, 2.75) is 103 Å². The maximum absolute atomic E-state index is 9.59. The second-order valence-electron chi connectivity index (χ2n) is 6.49. The minimum Gasteiger partial charge on any atom is -0.390 e. The van der Waals surface area contributed by atoms with Gasteiger partial charge in [0.2, 0.25) is 0 Å². The molecule has 116 valence electrons. The Balaban J connectivity index is 2.99. The highest BCUT2D eigenvalue weighted by molar-refractivity contribution is 6.17. The number of halogens is 1. The SMILES string of the molecule is CC(C)(O)CCCCCCCCCCCCCCCl. The fourth-order valence-electron chi connectivity index (χ4n) is 2.42. The Bertz CT molecular complexity index is 175. The van der Waals surface area contributed by atoms with E-state index in [0.29, 0.717) is 0 Å². The van der Waals surface area contributed by atoms with Crippen LogP contribution in [0.1, 0.15) is 97.3 Å². The van der Waals surface area contributed by atoms with E-state index in [4.69, 9.17) is 11.6 Å². The fourth-order valence-corrected chi connectivity index (χ4v) is 2.61. The molecule has 2 heteroatoms. The van der Waals surface area contributed by atoms with Crippen LogP contribution in [0.2, 0.25) is 0 Å². The first-order chi connectivity index (χ1) is 9.06. The molecule has 0 saturated carbocycles. The summed E-state index contributed by atoms with van der Waals surface area (Å²) in [4.78, 5) is 0. The lowest BCUT2D eigenvalue weighted by Gasteiger charge is -2.16. The van der Waals surface area contributed by atoms with E-state index in [1.165, 1.54) is 77.0 Å². The van der Waals surface area contributed by atoms with Gasteiger partial charge in [0.1, 0.15) is 0 Å². The second kappa shape index (κ2) is 13.2. The Hall–Kier alpha value is 0.250. The molecule has 0 aliphatic rings. The molecule has 19 heavy (non-hydrogen) atoms. The van der Waals surface area contributed by atoms with Gasteiger partial charge < -0.3 is 5.11 Å². The number of rotatable bonds is 14. The van der Waals surface area contributed by atoms with Crippen LogP contribution < -0.4 is 0 Å². The van der Waals surface area contributed by atoms with Crippen molar-refractivity contribution >= 4 is 11.6 Å². The lowest BCUT2D eigenvalue weighted by atomic mass is 9.99. The monoisotopic (exact) mass is 290 g/mol. The van der Waals surface area contributed by atoms with E-state index in [1.807, 2.05) is 13.8 Å². The van der Waals surface area contributed by atoms with Gasteiger partial charge in [0.25, 0.3) is 0 Å². The Morgan fingerprint density at radius 1 is 0.632 bits per heavy atom. The van der Waals surface area contributed by atoms with Crippen LogP contribution in [0.3, 0.4) is 0 Å². The van der Waals surface area contributed by atoms with Crippen molar-refractivity contribution in [1.82, 2.24) is 0 Å². The maximum Gasteiger partial charge on any atom is 0.0591 e. The van der Waals surface area contributed by atoms with Crippen LogP contribution in [0.5, 0.6) is 0 Å². The molecule has 0 aromatic heterocycles. The topological polar surface area (TPSA) is 20.2 Å². The molecule has 0 spiro atoms. The van der Waals surface area contributed by atoms with E-state index in [0.717, 1.165) is 12.3 Å². The molecule has 0 radical (unpaired) electrons. The summed E-state index contributed by atoms with van der Waals surface area (Å²) < 4.78 is 0. The highest BCUT2D eigenvalue weighted by Crippen LogP contribution is 2.16. The van der Waals surface area contributed by atoms with Crippen LogP contribution in [-0.2, 0) is 0 Å². The van der Waals surface area contributed by atoms with Gasteiger partial charge in [-0.2, -0.15) is 0 Å². The van der Waals surface area contributed by atoms with Gasteiger partial charge in [0, 0.05) is 5.88 Å². The summed E-state index contributed by atoms with van der Waals surface area (Å²) in [5.74, 6) is 0.827. The molecule has 0 bridgehead atoms. The first-order valence-electron chi connectivity index (χ1n) is 8.34. The molecule has 0 aromatic carbocycles. The van der Waals surface area contributed by atoms with Crippen LogP contribution in [0.4, 0.5) is 0 Å². The lowest BCUT2D eigenvalue weighted by Crippen LogP contribution is -2.17. The Morgan fingerprint density at radius 2 is 0.947 bits per heavy atom. The van der Waals surface area contributed by atoms with E-state index in [2.05, 4.69) is 0 Å². The van der Waals surface area contributed by atoms with Crippen molar-refractivity contribution < 1.29 is 5.11 Å². The van der Waals surface area contributed by atoms with E-state index >= 15 is 0 Å². The smallest absolute Gasteiger partial charge is 0.0591 e. The Morgan fingerprint density at radius 3 is 1.26 bits per heavy atom. The van der Waals surface area contributed by atoms with Crippen molar-refractivity contribution in [2.75, 3.05) is 5.88 Å². The molecule has 1 nitrogen and oxygen atoms in total. The minimum atomic E-state index is -0.469. The largest absolute Gasteiger partial charge is 0.390 e. The second-order valence-corrected chi connectivity index (χ2v) is 6.87. The van der Waals surface area contributed by atoms with E-state index in [-0.39, 0.29) is 0 Å². The predicted octanol–water partition coefficient (Wildman–Crippen LogP) is 6.07. The van der Waals surface area contributed by atoms with Crippen LogP contribution in [-0.4, -0.2) is 16.6 Å². The van der Waals surface area contributed by atoms with Crippen LogP contribution in [0.15, 0.2) is 0 Å². The molecule has 0 aliphatic heterocycles. The number of aliphatic hydroxyl groups is 1. The third kappa shape index (κ3) is 18.2. The third-order valence-electron chi connectivity index (χ3n) is 3.67. The van der Waals surface area contributed by atoms with Crippen LogP contribution in [0.25, 0.3) is 0 Å². The molecule has 0 aliphatic carbocycles. The van der Waals surface area contributed by atoms with Gasteiger partial charge in [-0.05, 0) is 26.7 Å². The molecule has 0 atom stereocenters. The van der Waals surface area contributed by atoms with Crippen molar-refractivity contribution in [2.24, 2.45) is 0 Å². The minimum absolute atomic E-state index is 0.469. The van der Waals surface area contributed by atoms with Gasteiger partial charge in [-0.3, -0.25) is 0 Å². The molecule has 0 saturated heterocycles. The van der Waals surface area contributed by atoms with Gasteiger partial charge in [0.15, 0.2) is 0 Å². The summed E-state index contributed by atoms with van der Waals surface area (Å²) >= 11 is 5.65. The van der Waals surface area contributed by atoms with Crippen molar-refractivity contribution in [3.8, 4) is 0 Å². The van der Waals surface area contributed by atoms with Gasteiger partial charge in [-0.15, -0.1) is 11.6 Å². The molecule has 0 fully saturated rings. The summed E-state index contributed by atoms with van der Waals surface area (Å²) in [6.07, 6.45) is 17.0. The highest BCUT2D eigenvalue weighted by Gasteiger charge is 2.10. The predicted molar refractivity (Wildman–Crippen MR) is 87.0 cm³/mol. The maximum atomic E-state index is 9.59. The summed E-state index contributed by atoms with van der Waals surface area (Å²) in [5, 5.41) is 9.59. The summed E-state index contributed by atoms with van der Waals surface area (Å²) in [6, 6.07) is 0. The average Bonchev–Trinajstić information content (AvgIpc) is 2.34. The van der Waals surface area contributed by atoms with Crippen molar-refractivity contribution in [1.29, 1.82) is 0 Å². The summed E-state index contributed by atoms with van der Waals surface area (Å²) in [5.41, 5.74) is -0.469. The normalized spacial score (nSPS) is 12.0. The van der Waals surface area contributed by atoms with E-state index < -0.39 is 5.60 Å². The summed E-state index contributed by atoms with van der Waals surface area (Å²) in [7, 11) is 0. The molecule has 0 aromatic rings. The van der Waals surface area contributed by atoms with Gasteiger partial charge >= 0.3 is 0 Å². The van der Waals surface area contributed by atoms with E-state index in [1.54, 1.807) is 0 Å². The quantitative estimate of drug-likeness (QED) is 0.304. The molecule has 0 heterocycles. The van der Waals surface area contributed by atoms with Crippen LogP contribution in [0, 0.1) is 0 Å². The molecular weight excluding hydrogens is 256 g/mol. The molecule has 0 unspecified atom stereocenters. The van der Waals surface area contributed by atoms with E-state index in [9.17, 15) is 5.11 Å². The Kier molecular flexibility index (Phi) is 13.4. The van der Waals surface area contributed by atoms with Crippen molar-refractivity contribution in [3.63, 3.8) is 0 Å². The first-order valence-corrected chi connectivity index (χ1v) is 8.88. The van der Waals surface area contributed by atoms with Gasteiger partial charge in [-0.25, -0.2) is 0 Å². The van der Waals surface area contributed by atoms with Gasteiger partial charge in [0.05, 0.1) is 5.60 Å². The molecular formula is C17H35ClO. The molecule has 0 rings (SSSR count). The zero-order valence-corrected chi connectivity index (χ0v) is 14.0. The number of hydrogen-bond donors (Lipinski definition) is 1. The van der Waals surface area contributed by atoms with Crippen LogP contribution >= 0.6 is 11.6 Å².